The van der Waals surface area contributed by atoms with Crippen molar-refractivity contribution >= 4 is 19.8 Å². The highest BCUT2D eigenvalue weighted by Crippen LogP contribution is 2.36. The number of carbonyl (C=O) groups is 2. The Morgan fingerprint density at radius 1 is 0.510 bits per heavy atom. The molecule has 288 valence electrons. The third kappa shape index (κ3) is 39.2. The van der Waals surface area contributed by atoms with Crippen LogP contribution in [0, 0.1) is 0 Å². The second-order valence-corrected chi connectivity index (χ2v) is 14.8. The van der Waals surface area contributed by atoms with Gasteiger partial charge < -0.3 is 19.3 Å². The normalized spacial score (nSPS) is 12.7. The number of rotatable bonds is 37. The van der Waals surface area contributed by atoms with E-state index < -0.39 is 32.5 Å². The van der Waals surface area contributed by atoms with E-state index in [0.29, 0.717) is 12.8 Å². The van der Waals surface area contributed by atoms with Crippen molar-refractivity contribution in [1.29, 1.82) is 0 Å². The molecule has 8 nitrogen and oxygen atoms in total. The molecule has 0 bridgehead atoms. The Kier molecular flexibility index (Phi) is 35.2. The molecule has 0 spiro atoms. The maximum absolute atomic E-state index is 12.4. The average molecular weight is 715 g/mol. The van der Waals surface area contributed by atoms with Crippen LogP contribution in [0.3, 0.4) is 0 Å². The SMILES string of the molecule is CCCCCCCC/C=C\CCCCCCCC(=O)OCC(COP(=O)(O)O)OC(=O)CCCCCCC/C=C\CCCCCCCCC. The predicted octanol–water partition coefficient (Wildman–Crippen LogP) is 12.0. The van der Waals surface area contributed by atoms with Crippen LogP contribution < -0.4 is 0 Å². The van der Waals surface area contributed by atoms with E-state index >= 15 is 0 Å². The van der Waals surface area contributed by atoms with Crippen LogP contribution in [0.15, 0.2) is 24.3 Å². The summed E-state index contributed by atoms with van der Waals surface area (Å²) in [7, 11) is -4.75. The van der Waals surface area contributed by atoms with E-state index in [2.05, 4.69) is 42.7 Å². The summed E-state index contributed by atoms with van der Waals surface area (Å²) in [5, 5.41) is 0. The number of hydrogen-bond donors (Lipinski definition) is 2. The van der Waals surface area contributed by atoms with Crippen molar-refractivity contribution in [3.8, 4) is 0 Å². The Morgan fingerprint density at radius 3 is 1.24 bits per heavy atom. The van der Waals surface area contributed by atoms with E-state index in [1.54, 1.807) is 0 Å². The lowest BCUT2D eigenvalue weighted by molar-refractivity contribution is -0.161. The van der Waals surface area contributed by atoms with E-state index in [1.807, 2.05) is 0 Å². The van der Waals surface area contributed by atoms with Gasteiger partial charge in [-0.2, -0.15) is 0 Å². The second kappa shape index (κ2) is 36.3. The summed E-state index contributed by atoms with van der Waals surface area (Å²) in [6.45, 7) is 3.67. The van der Waals surface area contributed by atoms with Crippen molar-refractivity contribution in [1.82, 2.24) is 0 Å². The fourth-order valence-corrected chi connectivity index (χ4v) is 6.02. The quantitative estimate of drug-likeness (QED) is 0.0282. The first-order valence-electron chi connectivity index (χ1n) is 20.1. The smallest absolute Gasteiger partial charge is 0.462 e. The van der Waals surface area contributed by atoms with Crippen LogP contribution in [0.2, 0.25) is 0 Å². The van der Waals surface area contributed by atoms with Gasteiger partial charge in [0, 0.05) is 12.8 Å². The Balaban J connectivity index is 3.95. The highest BCUT2D eigenvalue weighted by atomic mass is 31.2. The first-order chi connectivity index (χ1) is 23.8. The Hall–Kier alpha value is -1.47. The van der Waals surface area contributed by atoms with Gasteiger partial charge in [0.1, 0.15) is 6.61 Å². The zero-order chi connectivity index (χ0) is 36.1. The van der Waals surface area contributed by atoms with Crippen LogP contribution >= 0.6 is 7.82 Å². The topological polar surface area (TPSA) is 119 Å². The fraction of sp³-hybridized carbons (Fsp3) is 0.850. The summed E-state index contributed by atoms with van der Waals surface area (Å²) < 4.78 is 26.3. The first kappa shape index (κ1) is 47.5. The Morgan fingerprint density at radius 2 is 0.857 bits per heavy atom. The molecule has 0 aliphatic heterocycles. The summed E-state index contributed by atoms with van der Waals surface area (Å²) >= 11 is 0. The predicted molar refractivity (Wildman–Crippen MR) is 202 cm³/mol. The molecule has 0 saturated carbocycles. The molecule has 0 heterocycles. The minimum absolute atomic E-state index is 0.202. The lowest BCUT2D eigenvalue weighted by Crippen LogP contribution is -2.29. The highest BCUT2D eigenvalue weighted by molar-refractivity contribution is 7.46. The standard InChI is InChI=1S/C40H75O8P/c1-3-5-7-9-11-13-15-17-19-21-23-25-27-29-31-33-35-40(42)48-38(37-47-49(43,44)45)36-46-39(41)34-32-30-28-26-24-22-20-18-16-14-12-10-8-6-4-2/h18-21,38H,3-17,22-37H2,1-2H3,(H2,43,44,45)/b20-18-,21-19-. The number of ether oxygens (including phenoxy) is 2. The molecule has 2 N–H and O–H groups in total. The van der Waals surface area contributed by atoms with Crippen LogP contribution in [-0.2, 0) is 28.2 Å². The maximum atomic E-state index is 12.4. The van der Waals surface area contributed by atoms with E-state index in [1.165, 1.54) is 96.3 Å². The van der Waals surface area contributed by atoms with Gasteiger partial charge in [-0.3, -0.25) is 14.1 Å². The summed E-state index contributed by atoms with van der Waals surface area (Å²) in [4.78, 5) is 42.8. The average Bonchev–Trinajstić information content (AvgIpc) is 3.07. The van der Waals surface area contributed by atoms with E-state index in [9.17, 15) is 14.2 Å². The summed E-state index contributed by atoms with van der Waals surface area (Å²) in [5.74, 6) is -0.900. The van der Waals surface area contributed by atoms with Crippen LogP contribution in [0.4, 0.5) is 0 Å². The molecule has 0 aliphatic rings. The first-order valence-corrected chi connectivity index (χ1v) is 21.7. The van der Waals surface area contributed by atoms with E-state index in [4.69, 9.17) is 19.3 Å². The minimum atomic E-state index is -4.75. The van der Waals surface area contributed by atoms with Crippen molar-refractivity contribution in [2.24, 2.45) is 0 Å². The molecular formula is C40H75O8P. The van der Waals surface area contributed by atoms with Gasteiger partial charge in [-0.15, -0.1) is 0 Å². The van der Waals surface area contributed by atoms with Crippen LogP contribution in [0.5, 0.6) is 0 Å². The number of allylic oxidation sites excluding steroid dienone is 4. The van der Waals surface area contributed by atoms with Gasteiger partial charge in [-0.1, -0.05) is 147 Å². The molecule has 0 fully saturated rings. The molecule has 0 radical (unpaired) electrons. The lowest BCUT2D eigenvalue weighted by Gasteiger charge is -2.18. The highest BCUT2D eigenvalue weighted by Gasteiger charge is 2.22. The summed E-state index contributed by atoms with van der Waals surface area (Å²) in [5.41, 5.74) is 0. The lowest BCUT2D eigenvalue weighted by atomic mass is 10.1. The number of hydrogen-bond acceptors (Lipinski definition) is 6. The summed E-state index contributed by atoms with van der Waals surface area (Å²) in [6.07, 6.45) is 40.4. The third-order valence-electron chi connectivity index (χ3n) is 8.69. The van der Waals surface area contributed by atoms with Gasteiger partial charge in [0.15, 0.2) is 6.10 Å². The number of phosphoric ester groups is 1. The largest absolute Gasteiger partial charge is 0.469 e. The Labute approximate surface area is 300 Å². The Bertz CT molecular complexity index is 853. The van der Waals surface area contributed by atoms with Crippen molar-refractivity contribution in [3.05, 3.63) is 24.3 Å². The van der Waals surface area contributed by atoms with Gasteiger partial charge in [-0.05, 0) is 64.2 Å². The molecular weight excluding hydrogens is 639 g/mol. The number of esters is 2. The number of unbranched alkanes of at least 4 members (excludes halogenated alkanes) is 23. The van der Waals surface area contributed by atoms with Crippen molar-refractivity contribution < 1.29 is 37.9 Å². The second-order valence-electron chi connectivity index (χ2n) is 13.6. The molecule has 49 heavy (non-hydrogen) atoms. The van der Waals surface area contributed by atoms with Gasteiger partial charge in [0.2, 0.25) is 0 Å². The minimum Gasteiger partial charge on any atom is -0.462 e. The molecule has 0 aromatic carbocycles. The van der Waals surface area contributed by atoms with E-state index in [0.717, 1.165) is 64.2 Å². The molecule has 1 atom stereocenters. The van der Waals surface area contributed by atoms with Crippen molar-refractivity contribution in [3.63, 3.8) is 0 Å². The number of carbonyl (C=O) groups excluding carboxylic acids is 2. The third-order valence-corrected chi connectivity index (χ3v) is 9.18. The zero-order valence-electron chi connectivity index (χ0n) is 31.6. The van der Waals surface area contributed by atoms with Crippen LogP contribution in [-0.4, -0.2) is 41.0 Å². The van der Waals surface area contributed by atoms with Crippen molar-refractivity contribution in [2.45, 2.75) is 206 Å². The summed E-state index contributed by atoms with van der Waals surface area (Å²) in [6, 6.07) is 0. The molecule has 0 saturated heterocycles. The molecule has 0 rings (SSSR count). The monoisotopic (exact) mass is 715 g/mol. The van der Waals surface area contributed by atoms with Gasteiger partial charge in [0.25, 0.3) is 0 Å². The molecule has 0 aliphatic carbocycles. The van der Waals surface area contributed by atoms with E-state index in [-0.39, 0.29) is 19.4 Å². The van der Waals surface area contributed by atoms with Gasteiger partial charge in [-0.25, -0.2) is 4.57 Å². The zero-order valence-corrected chi connectivity index (χ0v) is 32.5. The van der Waals surface area contributed by atoms with Crippen LogP contribution in [0.1, 0.15) is 200 Å². The van der Waals surface area contributed by atoms with Crippen LogP contribution in [0.25, 0.3) is 0 Å². The molecule has 9 heteroatoms. The fourth-order valence-electron chi connectivity index (χ4n) is 5.66. The molecule has 0 aromatic heterocycles. The molecule has 0 aromatic rings. The maximum Gasteiger partial charge on any atom is 0.469 e. The molecule has 1 unspecified atom stereocenters. The number of phosphoric acid groups is 1. The van der Waals surface area contributed by atoms with Gasteiger partial charge >= 0.3 is 19.8 Å². The van der Waals surface area contributed by atoms with Crippen molar-refractivity contribution in [2.75, 3.05) is 13.2 Å². The van der Waals surface area contributed by atoms with Gasteiger partial charge in [0.05, 0.1) is 6.61 Å². The molecule has 0 amide bonds.